The summed E-state index contributed by atoms with van der Waals surface area (Å²) in [7, 11) is 0. The van der Waals surface area contributed by atoms with Crippen LogP contribution in [-0.4, -0.2) is 46.9 Å². The van der Waals surface area contributed by atoms with E-state index in [1.807, 2.05) is 0 Å². The lowest BCUT2D eigenvalue weighted by Gasteiger charge is -2.24. The van der Waals surface area contributed by atoms with Gasteiger partial charge >= 0.3 is 5.97 Å². The number of hydrogen-bond acceptors (Lipinski definition) is 5. The van der Waals surface area contributed by atoms with Gasteiger partial charge in [-0.15, -0.1) is 0 Å². The molecule has 3 unspecified atom stereocenters. The Kier molecular flexibility index (Phi) is 41.7. The van der Waals surface area contributed by atoms with Crippen LogP contribution in [0.1, 0.15) is 239 Å². The van der Waals surface area contributed by atoms with Gasteiger partial charge in [0, 0.05) is 6.42 Å². The summed E-state index contributed by atoms with van der Waals surface area (Å²) >= 11 is 0. The van der Waals surface area contributed by atoms with Crippen molar-refractivity contribution in [2.75, 3.05) is 6.61 Å². The van der Waals surface area contributed by atoms with Crippen LogP contribution in [-0.2, 0) is 14.3 Å². The molecule has 0 aliphatic heterocycles. The molecule has 0 aliphatic rings. The Labute approximate surface area is 341 Å². The highest BCUT2D eigenvalue weighted by molar-refractivity contribution is 5.77. The maximum atomic E-state index is 13.1. The van der Waals surface area contributed by atoms with Crippen LogP contribution in [0.25, 0.3) is 0 Å². The minimum atomic E-state index is -0.787. The van der Waals surface area contributed by atoms with Gasteiger partial charge in [-0.05, 0) is 57.8 Å². The van der Waals surface area contributed by atoms with Crippen LogP contribution in [0.2, 0.25) is 0 Å². The third-order valence-electron chi connectivity index (χ3n) is 10.7. The van der Waals surface area contributed by atoms with Gasteiger partial charge in [-0.25, -0.2) is 0 Å². The molecule has 55 heavy (non-hydrogen) atoms. The molecule has 0 aromatic carbocycles. The van der Waals surface area contributed by atoms with Crippen molar-refractivity contribution in [3.8, 4) is 0 Å². The summed E-state index contributed by atoms with van der Waals surface area (Å²) in [5, 5.41) is 23.6. The highest BCUT2D eigenvalue weighted by Crippen LogP contribution is 2.17. The Morgan fingerprint density at radius 1 is 0.545 bits per heavy atom. The van der Waals surface area contributed by atoms with Gasteiger partial charge in [0.05, 0.1) is 25.2 Å². The summed E-state index contributed by atoms with van der Waals surface area (Å²) in [5.41, 5.74) is 0. The van der Waals surface area contributed by atoms with Crippen molar-refractivity contribution in [3.05, 3.63) is 36.5 Å². The molecule has 0 aromatic heterocycles. The Morgan fingerprint density at radius 3 is 1.49 bits per heavy atom. The third-order valence-corrected chi connectivity index (χ3v) is 10.7. The van der Waals surface area contributed by atoms with E-state index in [0.717, 1.165) is 83.5 Å². The average Bonchev–Trinajstić information content (AvgIpc) is 3.18. The van der Waals surface area contributed by atoms with E-state index in [1.54, 1.807) is 0 Å². The quantitative estimate of drug-likeness (QED) is 0.0326. The van der Waals surface area contributed by atoms with Crippen molar-refractivity contribution in [1.82, 2.24) is 5.32 Å². The summed E-state index contributed by atoms with van der Waals surface area (Å²) in [6.07, 6.45) is 49.3. The number of aliphatic hydroxyl groups excluding tert-OH is 2. The molecule has 0 saturated carbocycles. The maximum absolute atomic E-state index is 13.1. The van der Waals surface area contributed by atoms with Crippen LogP contribution in [0.5, 0.6) is 0 Å². The van der Waals surface area contributed by atoms with Crippen molar-refractivity contribution in [3.63, 3.8) is 0 Å². The fourth-order valence-electron chi connectivity index (χ4n) is 7.15. The number of allylic oxidation sites excluding steroid dienone is 6. The number of carbonyl (C=O) groups is 2. The van der Waals surface area contributed by atoms with Gasteiger partial charge in [-0.3, -0.25) is 9.59 Å². The number of unbranched alkanes of at least 4 members (excludes halogenated alkanes) is 24. The van der Waals surface area contributed by atoms with Crippen molar-refractivity contribution in [2.45, 2.75) is 257 Å². The van der Waals surface area contributed by atoms with E-state index in [0.29, 0.717) is 19.3 Å². The van der Waals surface area contributed by atoms with Crippen LogP contribution in [0, 0.1) is 0 Å². The van der Waals surface area contributed by atoms with Crippen molar-refractivity contribution in [1.29, 1.82) is 0 Å². The molecular weight excluding hydrogens is 683 g/mol. The Balaban J connectivity index is 4.41. The van der Waals surface area contributed by atoms with Crippen LogP contribution in [0.4, 0.5) is 0 Å². The molecule has 6 heteroatoms. The molecule has 6 nitrogen and oxygen atoms in total. The van der Waals surface area contributed by atoms with Gasteiger partial charge in [0.1, 0.15) is 6.10 Å². The molecular formula is C49H91NO5. The molecule has 0 spiro atoms. The minimum absolute atomic E-state index is 0.0702. The smallest absolute Gasteiger partial charge is 0.306 e. The molecule has 322 valence electrons. The number of aliphatic hydroxyl groups is 2. The SMILES string of the molecule is CC/C=C/C/C=C/C/C=C/CCCCCCC(=O)OC(CCCCCCCCC)CC(=O)NC(CO)C(O)CCCCCCCCCCCCCCCCC. The van der Waals surface area contributed by atoms with Crippen LogP contribution >= 0.6 is 0 Å². The lowest BCUT2D eigenvalue weighted by atomic mass is 10.0. The number of esters is 1. The predicted molar refractivity (Wildman–Crippen MR) is 236 cm³/mol. The molecule has 0 aromatic rings. The first-order chi connectivity index (χ1) is 27.0. The zero-order valence-electron chi connectivity index (χ0n) is 36.6. The van der Waals surface area contributed by atoms with Crippen molar-refractivity contribution >= 4 is 11.9 Å². The molecule has 3 N–H and O–H groups in total. The van der Waals surface area contributed by atoms with Crippen LogP contribution < -0.4 is 5.32 Å². The number of carbonyl (C=O) groups excluding carboxylic acids is 2. The summed E-state index contributed by atoms with van der Waals surface area (Å²) in [6, 6.07) is -0.701. The third kappa shape index (κ3) is 38.7. The molecule has 0 radical (unpaired) electrons. The minimum Gasteiger partial charge on any atom is -0.462 e. The van der Waals surface area contributed by atoms with Crippen LogP contribution in [0.3, 0.4) is 0 Å². The Hall–Kier alpha value is -1.92. The topological polar surface area (TPSA) is 95.9 Å². The second-order valence-corrected chi connectivity index (χ2v) is 16.1. The highest BCUT2D eigenvalue weighted by Gasteiger charge is 2.24. The molecule has 0 rings (SSSR count). The number of amides is 1. The predicted octanol–water partition coefficient (Wildman–Crippen LogP) is 13.7. The van der Waals surface area contributed by atoms with E-state index in [1.165, 1.54) is 109 Å². The number of rotatable bonds is 42. The second-order valence-electron chi connectivity index (χ2n) is 16.1. The van der Waals surface area contributed by atoms with E-state index in [-0.39, 0.29) is 24.9 Å². The number of nitrogens with one attached hydrogen (secondary N) is 1. The number of ether oxygens (including phenoxy) is 1. The fourth-order valence-corrected chi connectivity index (χ4v) is 7.15. The monoisotopic (exact) mass is 774 g/mol. The first-order valence-corrected chi connectivity index (χ1v) is 23.7. The second kappa shape index (κ2) is 43.2. The van der Waals surface area contributed by atoms with Gasteiger partial charge in [-0.2, -0.15) is 0 Å². The summed E-state index contributed by atoms with van der Waals surface area (Å²) in [4.78, 5) is 25.9. The molecule has 0 saturated heterocycles. The average molecular weight is 774 g/mol. The molecule has 0 fully saturated rings. The van der Waals surface area contributed by atoms with Gasteiger partial charge in [0.15, 0.2) is 0 Å². The lowest BCUT2D eigenvalue weighted by Crippen LogP contribution is -2.46. The lowest BCUT2D eigenvalue weighted by molar-refractivity contribution is -0.151. The Morgan fingerprint density at radius 2 is 0.982 bits per heavy atom. The zero-order valence-corrected chi connectivity index (χ0v) is 36.6. The maximum Gasteiger partial charge on any atom is 0.306 e. The fraction of sp³-hybridized carbons (Fsp3) is 0.837. The first-order valence-electron chi connectivity index (χ1n) is 23.7. The Bertz CT molecular complexity index is 915. The van der Waals surface area contributed by atoms with Gasteiger partial charge in [-0.1, -0.05) is 205 Å². The molecule has 0 bridgehead atoms. The first kappa shape index (κ1) is 53.1. The van der Waals surface area contributed by atoms with Crippen LogP contribution in [0.15, 0.2) is 36.5 Å². The summed E-state index contributed by atoms with van der Waals surface area (Å²) in [5.74, 6) is -0.500. The van der Waals surface area contributed by atoms with E-state index in [4.69, 9.17) is 4.74 Å². The van der Waals surface area contributed by atoms with E-state index in [2.05, 4.69) is 62.5 Å². The van der Waals surface area contributed by atoms with E-state index < -0.39 is 18.2 Å². The van der Waals surface area contributed by atoms with E-state index in [9.17, 15) is 19.8 Å². The van der Waals surface area contributed by atoms with Gasteiger partial charge < -0.3 is 20.3 Å². The van der Waals surface area contributed by atoms with Crippen molar-refractivity contribution in [2.24, 2.45) is 0 Å². The molecule has 1 amide bonds. The van der Waals surface area contributed by atoms with Gasteiger partial charge in [0.2, 0.25) is 5.91 Å². The normalized spacial score (nSPS) is 13.6. The largest absolute Gasteiger partial charge is 0.462 e. The molecule has 0 aliphatic carbocycles. The number of hydrogen-bond donors (Lipinski definition) is 3. The zero-order chi connectivity index (χ0) is 40.3. The molecule has 0 heterocycles. The standard InChI is InChI=1S/C49H91NO5/c1-4-7-10-13-16-18-20-22-24-25-27-29-32-35-38-41-47(52)46(44-51)50-48(53)43-45(40-37-34-31-15-12-9-6-3)55-49(54)42-39-36-33-30-28-26-23-21-19-17-14-11-8-5-2/h8,11,17,19,23,26,45-47,51-52H,4-7,9-10,12-16,18,20-22,24-25,27-44H2,1-3H3,(H,50,53)/b11-8+,19-17+,26-23+. The van der Waals surface area contributed by atoms with E-state index >= 15 is 0 Å². The summed E-state index contributed by atoms with van der Waals surface area (Å²) in [6.45, 7) is 6.33. The van der Waals surface area contributed by atoms with Gasteiger partial charge in [0.25, 0.3) is 0 Å². The molecule has 3 atom stereocenters. The van der Waals surface area contributed by atoms with Crippen molar-refractivity contribution < 1.29 is 24.5 Å². The highest BCUT2D eigenvalue weighted by atomic mass is 16.5. The summed E-state index contributed by atoms with van der Waals surface area (Å²) < 4.78 is 5.87.